The van der Waals surface area contributed by atoms with Crippen molar-refractivity contribution in [2.75, 3.05) is 16.7 Å². The number of nitrogen functional groups attached to an aromatic ring is 1. The number of rotatable bonds is 6. The summed E-state index contributed by atoms with van der Waals surface area (Å²) in [5, 5.41) is -0.253. The van der Waals surface area contributed by atoms with Crippen molar-refractivity contribution < 1.29 is 26.4 Å². The van der Waals surface area contributed by atoms with Crippen LogP contribution in [-0.4, -0.2) is 19.7 Å². The number of fused-ring (bicyclic) bond motifs is 1. The van der Waals surface area contributed by atoms with E-state index >= 15 is 0 Å². The number of nitrogens with one attached hydrogen (secondary N) is 1. The van der Waals surface area contributed by atoms with Crippen molar-refractivity contribution in [2.24, 2.45) is 0 Å². The van der Waals surface area contributed by atoms with Gasteiger partial charge in [-0.2, -0.15) is 0 Å². The lowest BCUT2D eigenvalue weighted by atomic mass is 10.1. The van der Waals surface area contributed by atoms with Crippen molar-refractivity contribution in [3.8, 4) is 16.9 Å². The predicted octanol–water partition coefficient (Wildman–Crippen LogP) is 6.17. The summed E-state index contributed by atoms with van der Waals surface area (Å²) < 4.78 is 65.1. The summed E-state index contributed by atoms with van der Waals surface area (Å²) in [6.07, 6.45) is 2.94. The van der Waals surface area contributed by atoms with Crippen LogP contribution in [0.2, 0.25) is 10.0 Å². The normalized spacial score (nSPS) is 12.6. The van der Waals surface area contributed by atoms with Crippen LogP contribution in [0.15, 0.2) is 47.2 Å². The van der Waals surface area contributed by atoms with Gasteiger partial charge in [-0.05, 0) is 24.6 Å². The summed E-state index contributed by atoms with van der Waals surface area (Å²) >= 11 is 12.0. The molecule has 0 aliphatic carbocycles. The summed E-state index contributed by atoms with van der Waals surface area (Å²) in [5.74, 6) is -1.97. The monoisotopic (exact) mass is 527 g/mol. The second-order valence-corrected chi connectivity index (χ2v) is 9.97. The highest BCUT2D eigenvalue weighted by molar-refractivity contribution is 7.92. The van der Waals surface area contributed by atoms with E-state index < -0.39 is 27.8 Å². The van der Waals surface area contributed by atoms with Gasteiger partial charge in [-0.1, -0.05) is 35.3 Å². The molecule has 0 fully saturated rings. The summed E-state index contributed by atoms with van der Waals surface area (Å²) in [6.45, 7) is 1.49. The Labute approximate surface area is 203 Å². The standard InChI is InChI=1S/C22H17Cl2F2N3O4S/c1-10(17-18(23)15(25)7-16(26)19(17)24)33-21-20-13(8-28-22(21)27)14(9-32-20)11-4-3-5-12(6-11)29-34(2,30)31/h3-10,29H,1-2H3,(H2,27,28). The molecule has 2 heterocycles. The van der Waals surface area contributed by atoms with Crippen LogP contribution in [-0.2, 0) is 10.0 Å². The van der Waals surface area contributed by atoms with Gasteiger partial charge in [-0.15, -0.1) is 0 Å². The van der Waals surface area contributed by atoms with E-state index in [-0.39, 0.29) is 32.8 Å². The van der Waals surface area contributed by atoms with Crippen LogP contribution in [0.5, 0.6) is 5.75 Å². The third kappa shape index (κ3) is 4.61. The lowest BCUT2D eigenvalue weighted by Crippen LogP contribution is -2.09. The van der Waals surface area contributed by atoms with Crippen LogP contribution >= 0.6 is 23.2 Å². The van der Waals surface area contributed by atoms with Gasteiger partial charge in [-0.3, -0.25) is 4.72 Å². The largest absolute Gasteiger partial charge is 0.478 e. The number of halogens is 4. The highest BCUT2D eigenvalue weighted by Crippen LogP contribution is 2.42. The van der Waals surface area contributed by atoms with Crippen LogP contribution in [0.4, 0.5) is 20.3 Å². The fourth-order valence-electron chi connectivity index (χ4n) is 3.47. The Bertz CT molecular complexity index is 1500. The lowest BCUT2D eigenvalue weighted by molar-refractivity contribution is 0.227. The number of anilines is 2. The molecule has 0 saturated carbocycles. The molecule has 1 atom stereocenters. The van der Waals surface area contributed by atoms with Gasteiger partial charge in [0.05, 0.1) is 28.0 Å². The third-order valence-corrected chi connectivity index (χ3v) is 6.30. The lowest BCUT2D eigenvalue weighted by Gasteiger charge is -2.19. The van der Waals surface area contributed by atoms with Crippen molar-refractivity contribution in [3.05, 3.63) is 70.0 Å². The van der Waals surface area contributed by atoms with Gasteiger partial charge in [0.1, 0.15) is 17.7 Å². The van der Waals surface area contributed by atoms with Crippen LogP contribution in [0.1, 0.15) is 18.6 Å². The minimum atomic E-state index is -3.47. The molecule has 3 N–H and O–H groups in total. The minimum Gasteiger partial charge on any atom is -0.478 e. The van der Waals surface area contributed by atoms with Crippen molar-refractivity contribution in [1.82, 2.24) is 4.98 Å². The Hall–Kier alpha value is -3.08. The molecule has 4 rings (SSSR count). The number of hydrogen-bond donors (Lipinski definition) is 2. The van der Waals surface area contributed by atoms with E-state index in [0.717, 1.165) is 6.26 Å². The summed E-state index contributed by atoms with van der Waals surface area (Å²) in [6, 6.07) is 7.24. The first-order valence-corrected chi connectivity index (χ1v) is 12.3. The van der Waals surface area contributed by atoms with Gasteiger partial charge >= 0.3 is 0 Å². The maximum atomic E-state index is 14.0. The van der Waals surface area contributed by atoms with Gasteiger partial charge in [0, 0.05) is 29.1 Å². The maximum absolute atomic E-state index is 14.0. The highest BCUT2D eigenvalue weighted by atomic mass is 35.5. The molecule has 0 aliphatic heterocycles. The molecule has 0 saturated heterocycles. The van der Waals surface area contributed by atoms with Crippen LogP contribution in [0, 0.1) is 11.6 Å². The SMILES string of the molecule is CC(Oc1c(N)ncc2c(-c3cccc(NS(C)(=O)=O)c3)coc12)c1c(Cl)c(F)cc(F)c1Cl. The highest BCUT2D eigenvalue weighted by Gasteiger charge is 2.25. The van der Waals surface area contributed by atoms with E-state index in [1.54, 1.807) is 24.3 Å². The topological polar surface area (TPSA) is 107 Å². The van der Waals surface area contributed by atoms with Crippen LogP contribution in [0.3, 0.4) is 0 Å². The minimum absolute atomic E-state index is 0.0264. The van der Waals surface area contributed by atoms with E-state index in [2.05, 4.69) is 9.71 Å². The molecule has 1 unspecified atom stereocenters. The van der Waals surface area contributed by atoms with Gasteiger partial charge in [-0.25, -0.2) is 22.2 Å². The van der Waals surface area contributed by atoms with E-state index in [9.17, 15) is 17.2 Å². The Morgan fingerprint density at radius 3 is 2.50 bits per heavy atom. The molecule has 0 aliphatic rings. The Balaban J connectivity index is 1.76. The number of ether oxygens (including phenoxy) is 1. The smallest absolute Gasteiger partial charge is 0.229 e. The van der Waals surface area contributed by atoms with Gasteiger partial charge in [0.25, 0.3) is 0 Å². The molecular weight excluding hydrogens is 511 g/mol. The summed E-state index contributed by atoms with van der Waals surface area (Å²) in [7, 11) is -3.47. The fourth-order valence-corrected chi connectivity index (χ4v) is 4.68. The van der Waals surface area contributed by atoms with E-state index in [1.165, 1.54) is 19.4 Å². The first kappa shape index (κ1) is 24.1. The number of sulfonamides is 1. The molecule has 4 aromatic rings. The first-order valence-electron chi connectivity index (χ1n) is 9.69. The van der Waals surface area contributed by atoms with Crippen LogP contribution in [0.25, 0.3) is 22.1 Å². The van der Waals surface area contributed by atoms with Gasteiger partial charge < -0.3 is 14.9 Å². The molecule has 2 aromatic heterocycles. The molecular formula is C22H17Cl2F2N3O4S. The average molecular weight is 528 g/mol. The number of furan rings is 1. The maximum Gasteiger partial charge on any atom is 0.229 e. The fraction of sp³-hybridized carbons (Fsp3) is 0.136. The molecule has 34 heavy (non-hydrogen) atoms. The first-order chi connectivity index (χ1) is 16.0. The van der Waals surface area contributed by atoms with Crippen molar-refractivity contribution in [2.45, 2.75) is 13.0 Å². The van der Waals surface area contributed by atoms with Gasteiger partial charge in [0.2, 0.25) is 15.8 Å². The Morgan fingerprint density at radius 2 is 1.85 bits per heavy atom. The number of pyridine rings is 1. The summed E-state index contributed by atoms with van der Waals surface area (Å²) in [5.41, 5.74) is 7.72. The second kappa shape index (κ2) is 8.94. The predicted molar refractivity (Wildman–Crippen MR) is 128 cm³/mol. The molecule has 178 valence electrons. The van der Waals surface area contributed by atoms with Crippen molar-refractivity contribution >= 4 is 55.7 Å². The molecule has 0 bridgehead atoms. The van der Waals surface area contributed by atoms with E-state index in [4.69, 9.17) is 38.1 Å². The number of nitrogens with two attached hydrogens (primary N) is 1. The number of hydrogen-bond acceptors (Lipinski definition) is 6. The summed E-state index contributed by atoms with van der Waals surface area (Å²) in [4.78, 5) is 4.14. The van der Waals surface area contributed by atoms with E-state index in [0.29, 0.717) is 28.3 Å². The Morgan fingerprint density at radius 1 is 1.18 bits per heavy atom. The number of nitrogens with zero attached hydrogens (tertiary/aromatic N) is 1. The van der Waals surface area contributed by atoms with Crippen molar-refractivity contribution in [3.63, 3.8) is 0 Å². The average Bonchev–Trinajstić information content (AvgIpc) is 3.18. The number of benzene rings is 2. The molecule has 0 amide bonds. The zero-order valence-electron chi connectivity index (χ0n) is 17.7. The Kier molecular flexibility index (Phi) is 6.32. The van der Waals surface area contributed by atoms with Gasteiger partial charge in [0.15, 0.2) is 11.4 Å². The molecule has 7 nitrogen and oxygen atoms in total. The zero-order valence-corrected chi connectivity index (χ0v) is 20.0. The molecule has 0 radical (unpaired) electrons. The molecule has 2 aromatic carbocycles. The van der Waals surface area contributed by atoms with Crippen LogP contribution < -0.4 is 15.2 Å². The second-order valence-electron chi connectivity index (χ2n) is 7.46. The third-order valence-electron chi connectivity index (χ3n) is 4.92. The zero-order chi connectivity index (χ0) is 24.8. The molecule has 12 heteroatoms. The quantitative estimate of drug-likeness (QED) is 0.290. The number of aromatic nitrogens is 1. The van der Waals surface area contributed by atoms with Crippen molar-refractivity contribution in [1.29, 1.82) is 0 Å². The molecule has 0 spiro atoms. The van der Waals surface area contributed by atoms with E-state index in [1.807, 2.05) is 0 Å².